The highest BCUT2D eigenvalue weighted by Crippen LogP contribution is 2.31. The Kier molecular flexibility index (Phi) is 8.96. The van der Waals surface area contributed by atoms with Crippen LogP contribution in [0.2, 0.25) is 0 Å². The number of methoxy groups -OCH3 is 2. The van der Waals surface area contributed by atoms with E-state index in [0.29, 0.717) is 24.7 Å². The molecule has 0 spiro atoms. The van der Waals surface area contributed by atoms with E-state index in [1.165, 1.54) is 0 Å². The van der Waals surface area contributed by atoms with Gasteiger partial charge in [0, 0.05) is 7.11 Å². The lowest BCUT2D eigenvalue weighted by molar-refractivity contribution is -0.126. The minimum atomic E-state index is -0.345. The van der Waals surface area contributed by atoms with Gasteiger partial charge in [-0.2, -0.15) is 0 Å². The zero-order valence-corrected chi connectivity index (χ0v) is 18.0. The van der Waals surface area contributed by atoms with Gasteiger partial charge in [0.25, 0.3) is 0 Å². The molecule has 1 amide bonds. The molecule has 0 radical (unpaired) electrons. The van der Waals surface area contributed by atoms with E-state index in [1.807, 2.05) is 74.3 Å². The van der Waals surface area contributed by atoms with E-state index in [9.17, 15) is 4.79 Å². The molecule has 0 aromatic heterocycles. The first kappa shape index (κ1) is 22.7. The topological polar surface area (TPSA) is 60.0 Å². The summed E-state index contributed by atoms with van der Waals surface area (Å²) in [7, 11) is 5.19. The number of carbonyl (C=O) groups is 1. The van der Waals surface area contributed by atoms with Crippen LogP contribution < -0.4 is 14.8 Å². The summed E-state index contributed by atoms with van der Waals surface area (Å²) in [5, 5.41) is 3.14. The Bertz CT molecular complexity index is 767. The molecule has 0 aliphatic heterocycles. The van der Waals surface area contributed by atoms with Gasteiger partial charge in [-0.3, -0.25) is 9.69 Å². The Morgan fingerprint density at radius 2 is 1.76 bits per heavy atom. The van der Waals surface area contributed by atoms with Gasteiger partial charge in [-0.05, 0) is 43.8 Å². The molecule has 0 heterocycles. The van der Waals surface area contributed by atoms with Gasteiger partial charge in [-0.25, -0.2) is 0 Å². The third-order valence-electron chi connectivity index (χ3n) is 4.89. The standard InChI is InChI=1S/C23H32N2O4/c1-6-25(3)22(18-10-8-7-9-11-18)23(26)24-17(2)19-12-13-20(21(16-19)28-5)29-15-14-27-4/h7-13,16-17,22H,6,14-15H2,1-5H3,(H,24,26). The second-order valence-electron chi connectivity index (χ2n) is 6.87. The van der Waals surface area contributed by atoms with E-state index in [2.05, 4.69) is 5.32 Å². The number of rotatable bonds is 11. The maximum absolute atomic E-state index is 13.1. The molecule has 1 N–H and O–H groups in total. The predicted octanol–water partition coefficient (Wildman–Crippen LogP) is 3.59. The maximum atomic E-state index is 13.1. The lowest BCUT2D eigenvalue weighted by Gasteiger charge is -2.28. The average molecular weight is 401 g/mol. The fourth-order valence-corrected chi connectivity index (χ4v) is 3.11. The Labute approximate surface area is 173 Å². The van der Waals surface area contributed by atoms with Crippen molar-refractivity contribution >= 4 is 5.91 Å². The molecule has 2 aromatic carbocycles. The van der Waals surface area contributed by atoms with Crippen molar-refractivity contribution in [3.05, 3.63) is 59.7 Å². The van der Waals surface area contributed by atoms with Crippen LogP contribution in [0, 0.1) is 0 Å². The lowest BCUT2D eigenvalue weighted by atomic mass is 10.0. The highest BCUT2D eigenvalue weighted by Gasteiger charge is 2.25. The minimum Gasteiger partial charge on any atom is -0.493 e. The lowest BCUT2D eigenvalue weighted by Crippen LogP contribution is -2.39. The molecular weight excluding hydrogens is 368 g/mol. The number of ether oxygens (including phenoxy) is 3. The van der Waals surface area contributed by atoms with E-state index >= 15 is 0 Å². The number of hydrogen-bond donors (Lipinski definition) is 1. The number of likely N-dealkylation sites (N-methyl/N-ethyl adjacent to an activating group) is 1. The first-order valence-corrected chi connectivity index (χ1v) is 9.87. The van der Waals surface area contributed by atoms with Crippen LogP contribution in [0.3, 0.4) is 0 Å². The van der Waals surface area contributed by atoms with Gasteiger partial charge in [0.15, 0.2) is 11.5 Å². The molecule has 2 rings (SSSR count). The minimum absolute atomic E-state index is 0.0348. The maximum Gasteiger partial charge on any atom is 0.242 e. The normalized spacial score (nSPS) is 13.0. The fourth-order valence-electron chi connectivity index (χ4n) is 3.11. The second kappa shape index (κ2) is 11.4. The molecule has 0 bridgehead atoms. The Balaban J connectivity index is 2.14. The van der Waals surface area contributed by atoms with Crippen molar-refractivity contribution in [2.75, 3.05) is 41.0 Å². The first-order valence-electron chi connectivity index (χ1n) is 9.87. The number of benzene rings is 2. The Morgan fingerprint density at radius 3 is 2.38 bits per heavy atom. The molecule has 0 aliphatic rings. The van der Waals surface area contributed by atoms with Gasteiger partial charge in [0.1, 0.15) is 12.6 Å². The molecule has 0 saturated heterocycles. The third kappa shape index (κ3) is 6.21. The van der Waals surface area contributed by atoms with Crippen LogP contribution >= 0.6 is 0 Å². The van der Waals surface area contributed by atoms with Crippen LogP contribution in [0.25, 0.3) is 0 Å². The van der Waals surface area contributed by atoms with Crippen molar-refractivity contribution in [2.45, 2.75) is 25.9 Å². The second-order valence-corrected chi connectivity index (χ2v) is 6.87. The number of hydrogen-bond acceptors (Lipinski definition) is 5. The van der Waals surface area contributed by atoms with Crippen LogP contribution in [0.15, 0.2) is 48.5 Å². The van der Waals surface area contributed by atoms with E-state index in [1.54, 1.807) is 14.2 Å². The summed E-state index contributed by atoms with van der Waals surface area (Å²) in [6.45, 7) is 5.72. The molecule has 6 heteroatoms. The summed E-state index contributed by atoms with van der Waals surface area (Å²) in [5.74, 6) is 1.25. The van der Waals surface area contributed by atoms with E-state index in [4.69, 9.17) is 14.2 Å². The first-order chi connectivity index (χ1) is 14.0. The summed E-state index contributed by atoms with van der Waals surface area (Å²) in [4.78, 5) is 15.1. The largest absolute Gasteiger partial charge is 0.493 e. The summed E-state index contributed by atoms with van der Waals surface area (Å²) in [6, 6.07) is 15.0. The van der Waals surface area contributed by atoms with Gasteiger partial charge in [-0.1, -0.05) is 43.3 Å². The zero-order chi connectivity index (χ0) is 21.2. The quantitative estimate of drug-likeness (QED) is 0.584. The number of nitrogens with one attached hydrogen (secondary N) is 1. The predicted molar refractivity (Wildman–Crippen MR) is 114 cm³/mol. The number of amides is 1. The number of carbonyl (C=O) groups excluding carboxylic acids is 1. The van der Waals surface area contributed by atoms with Gasteiger partial charge in [0.05, 0.1) is 19.8 Å². The molecule has 29 heavy (non-hydrogen) atoms. The van der Waals surface area contributed by atoms with Crippen molar-refractivity contribution in [2.24, 2.45) is 0 Å². The van der Waals surface area contributed by atoms with Crippen LogP contribution in [0.4, 0.5) is 0 Å². The highest BCUT2D eigenvalue weighted by atomic mass is 16.5. The Morgan fingerprint density at radius 1 is 1.03 bits per heavy atom. The molecular formula is C23H32N2O4. The summed E-state index contributed by atoms with van der Waals surface area (Å²) < 4.78 is 16.2. The molecule has 2 atom stereocenters. The van der Waals surface area contributed by atoms with Crippen molar-refractivity contribution in [1.29, 1.82) is 0 Å². The smallest absolute Gasteiger partial charge is 0.242 e. The van der Waals surface area contributed by atoms with Crippen LogP contribution in [0.1, 0.15) is 37.1 Å². The third-order valence-corrected chi connectivity index (χ3v) is 4.89. The molecule has 0 aliphatic carbocycles. The van der Waals surface area contributed by atoms with Crippen LogP contribution in [-0.4, -0.2) is 51.8 Å². The van der Waals surface area contributed by atoms with Crippen LogP contribution in [-0.2, 0) is 9.53 Å². The molecule has 2 unspecified atom stereocenters. The van der Waals surface area contributed by atoms with Crippen molar-refractivity contribution < 1.29 is 19.0 Å². The van der Waals surface area contributed by atoms with E-state index in [0.717, 1.165) is 17.7 Å². The monoisotopic (exact) mass is 400 g/mol. The zero-order valence-electron chi connectivity index (χ0n) is 18.0. The van der Waals surface area contributed by atoms with Gasteiger partial charge in [-0.15, -0.1) is 0 Å². The molecule has 2 aromatic rings. The summed E-state index contributed by atoms with van der Waals surface area (Å²) in [5.41, 5.74) is 1.92. The molecule has 6 nitrogen and oxygen atoms in total. The fraction of sp³-hybridized carbons (Fsp3) is 0.435. The highest BCUT2D eigenvalue weighted by molar-refractivity contribution is 5.83. The van der Waals surface area contributed by atoms with Crippen molar-refractivity contribution in [3.8, 4) is 11.5 Å². The summed E-state index contributed by atoms with van der Waals surface area (Å²) in [6.07, 6.45) is 0. The SMILES string of the molecule is CCN(C)C(C(=O)NC(C)c1ccc(OCCOC)c(OC)c1)c1ccccc1. The summed E-state index contributed by atoms with van der Waals surface area (Å²) >= 11 is 0. The molecule has 0 saturated carbocycles. The van der Waals surface area contributed by atoms with E-state index in [-0.39, 0.29) is 18.0 Å². The molecule has 158 valence electrons. The molecule has 0 fully saturated rings. The number of nitrogens with zero attached hydrogens (tertiary/aromatic N) is 1. The van der Waals surface area contributed by atoms with Gasteiger partial charge < -0.3 is 19.5 Å². The Hall–Kier alpha value is -2.57. The van der Waals surface area contributed by atoms with Gasteiger partial charge in [0.2, 0.25) is 5.91 Å². The van der Waals surface area contributed by atoms with E-state index < -0.39 is 0 Å². The van der Waals surface area contributed by atoms with Crippen molar-refractivity contribution in [1.82, 2.24) is 10.2 Å². The van der Waals surface area contributed by atoms with Gasteiger partial charge >= 0.3 is 0 Å². The average Bonchev–Trinajstić information content (AvgIpc) is 2.74. The van der Waals surface area contributed by atoms with Crippen LogP contribution in [0.5, 0.6) is 11.5 Å². The van der Waals surface area contributed by atoms with Crippen molar-refractivity contribution in [3.63, 3.8) is 0 Å².